The maximum Gasteiger partial charge on any atom is 0.229 e. The Bertz CT molecular complexity index is 1410. The summed E-state index contributed by atoms with van der Waals surface area (Å²) in [5.74, 6) is 0.901. The Labute approximate surface area is 192 Å². The van der Waals surface area contributed by atoms with E-state index in [1.165, 1.54) is 12.1 Å². The molecule has 33 heavy (non-hydrogen) atoms. The number of hydrogen-bond acceptors (Lipinski definition) is 8. The molecule has 166 valence electrons. The quantitative estimate of drug-likeness (QED) is 0.424. The van der Waals surface area contributed by atoms with E-state index < -0.39 is 0 Å². The zero-order valence-corrected chi connectivity index (χ0v) is 18.4. The molecule has 0 amide bonds. The molecule has 1 aliphatic rings. The fourth-order valence-corrected chi connectivity index (χ4v) is 4.79. The van der Waals surface area contributed by atoms with E-state index in [0.717, 1.165) is 15.2 Å². The van der Waals surface area contributed by atoms with Crippen LogP contribution in [0.1, 0.15) is 5.01 Å². The Morgan fingerprint density at radius 1 is 1.03 bits per heavy atom. The van der Waals surface area contributed by atoms with Crippen molar-refractivity contribution >= 4 is 44.5 Å². The van der Waals surface area contributed by atoms with E-state index in [1.54, 1.807) is 28.3 Å². The predicted molar refractivity (Wildman–Crippen MR) is 127 cm³/mol. The van der Waals surface area contributed by atoms with Crippen molar-refractivity contribution in [3.8, 4) is 5.69 Å². The van der Waals surface area contributed by atoms with Crippen molar-refractivity contribution in [3.63, 3.8) is 0 Å². The molecule has 0 aliphatic carbocycles. The number of thiazole rings is 1. The molecule has 3 aromatic heterocycles. The lowest BCUT2D eigenvalue weighted by molar-refractivity contribution is 0.122. The predicted octanol–water partition coefficient (Wildman–Crippen LogP) is 4.01. The summed E-state index contributed by atoms with van der Waals surface area (Å²) in [4.78, 5) is 20.9. The summed E-state index contributed by atoms with van der Waals surface area (Å²) < 4.78 is 22.3. The van der Waals surface area contributed by atoms with Gasteiger partial charge in [0.1, 0.15) is 17.2 Å². The van der Waals surface area contributed by atoms with Crippen LogP contribution in [0.3, 0.4) is 0 Å². The van der Waals surface area contributed by atoms with Crippen molar-refractivity contribution in [3.05, 3.63) is 65.7 Å². The molecule has 1 fully saturated rings. The lowest BCUT2D eigenvalue weighted by Gasteiger charge is -2.27. The molecule has 6 rings (SSSR count). The molecular weight excluding hydrogens is 441 g/mol. The number of benzene rings is 2. The number of para-hydroxylation sites is 1. The minimum Gasteiger partial charge on any atom is -0.378 e. The Balaban J connectivity index is 1.41. The molecule has 4 heterocycles. The second kappa shape index (κ2) is 8.38. The van der Waals surface area contributed by atoms with Gasteiger partial charge < -0.3 is 15.0 Å². The van der Waals surface area contributed by atoms with Crippen molar-refractivity contribution in [1.29, 1.82) is 0 Å². The number of rotatable bonds is 5. The topological polar surface area (TPSA) is 81.0 Å². The lowest BCUT2D eigenvalue weighted by Crippen LogP contribution is -2.37. The normalized spacial score (nSPS) is 14.3. The number of morpholine rings is 1. The summed E-state index contributed by atoms with van der Waals surface area (Å²) in [7, 11) is 0. The molecule has 5 aromatic rings. The van der Waals surface area contributed by atoms with Crippen LogP contribution >= 0.6 is 11.3 Å². The number of hydrogen-bond donors (Lipinski definition) is 1. The van der Waals surface area contributed by atoms with Gasteiger partial charge in [0.05, 0.1) is 35.7 Å². The summed E-state index contributed by atoms with van der Waals surface area (Å²) in [6, 6.07) is 14.5. The van der Waals surface area contributed by atoms with Crippen molar-refractivity contribution < 1.29 is 9.13 Å². The highest BCUT2D eigenvalue weighted by Crippen LogP contribution is 2.27. The number of ether oxygens (including phenoxy) is 1. The van der Waals surface area contributed by atoms with E-state index in [9.17, 15) is 4.39 Å². The minimum atomic E-state index is -0.314. The van der Waals surface area contributed by atoms with Gasteiger partial charge in [-0.15, -0.1) is 11.3 Å². The third-order valence-corrected chi connectivity index (χ3v) is 6.55. The smallest absolute Gasteiger partial charge is 0.229 e. The summed E-state index contributed by atoms with van der Waals surface area (Å²) in [6.45, 7) is 3.17. The second-order valence-electron chi connectivity index (χ2n) is 7.67. The molecule has 0 atom stereocenters. The first-order valence-corrected chi connectivity index (χ1v) is 11.5. The van der Waals surface area contributed by atoms with Crippen LogP contribution in [0.2, 0.25) is 0 Å². The molecule has 0 radical (unpaired) electrons. The van der Waals surface area contributed by atoms with Crippen LogP contribution in [0.4, 0.5) is 16.2 Å². The summed E-state index contributed by atoms with van der Waals surface area (Å²) in [5.41, 5.74) is 2.87. The first-order chi connectivity index (χ1) is 16.2. The van der Waals surface area contributed by atoms with E-state index in [4.69, 9.17) is 19.7 Å². The van der Waals surface area contributed by atoms with Crippen LogP contribution in [0.5, 0.6) is 0 Å². The van der Waals surface area contributed by atoms with E-state index in [-0.39, 0.29) is 5.82 Å². The minimum absolute atomic E-state index is 0.314. The Morgan fingerprint density at radius 3 is 2.76 bits per heavy atom. The number of nitrogens with one attached hydrogen (secondary N) is 1. The maximum atomic E-state index is 13.9. The number of halogens is 1. The van der Waals surface area contributed by atoms with Gasteiger partial charge in [0.2, 0.25) is 5.95 Å². The molecule has 10 heteroatoms. The molecule has 0 saturated carbocycles. The third kappa shape index (κ3) is 3.87. The Morgan fingerprint density at radius 2 is 1.91 bits per heavy atom. The van der Waals surface area contributed by atoms with E-state index in [1.807, 2.05) is 24.3 Å². The van der Waals surface area contributed by atoms with Gasteiger partial charge >= 0.3 is 0 Å². The van der Waals surface area contributed by atoms with Crippen LogP contribution in [0.15, 0.2) is 54.9 Å². The van der Waals surface area contributed by atoms with Crippen LogP contribution in [-0.2, 0) is 11.3 Å². The highest BCUT2D eigenvalue weighted by atomic mass is 32.1. The second-order valence-corrected chi connectivity index (χ2v) is 8.78. The SMILES string of the molecule is Fc1cccc(-n2cnc3c(NCc4nc5ccccc5s4)nc(N4CCOCC4)nc32)c1. The van der Waals surface area contributed by atoms with Gasteiger partial charge in [0, 0.05) is 13.1 Å². The number of imidazole rings is 1. The van der Waals surface area contributed by atoms with Gasteiger partial charge in [-0.05, 0) is 30.3 Å². The fraction of sp³-hybridized carbons (Fsp3) is 0.217. The van der Waals surface area contributed by atoms with E-state index in [2.05, 4.69) is 21.3 Å². The zero-order chi connectivity index (χ0) is 22.2. The van der Waals surface area contributed by atoms with E-state index in [0.29, 0.717) is 61.5 Å². The molecule has 1 saturated heterocycles. The maximum absolute atomic E-state index is 13.9. The zero-order valence-electron chi connectivity index (χ0n) is 17.6. The van der Waals surface area contributed by atoms with Crippen LogP contribution in [0, 0.1) is 5.82 Å². The van der Waals surface area contributed by atoms with Gasteiger partial charge in [0.15, 0.2) is 17.0 Å². The summed E-state index contributed by atoms with van der Waals surface area (Å²) in [5, 5.41) is 4.37. The van der Waals surface area contributed by atoms with Crippen LogP contribution in [-0.4, -0.2) is 50.8 Å². The van der Waals surface area contributed by atoms with Crippen molar-refractivity contribution in [1.82, 2.24) is 24.5 Å². The molecule has 8 nitrogen and oxygen atoms in total. The number of aromatic nitrogens is 5. The summed E-state index contributed by atoms with van der Waals surface area (Å²) in [6.07, 6.45) is 1.65. The first-order valence-electron chi connectivity index (χ1n) is 10.7. The van der Waals surface area contributed by atoms with Crippen molar-refractivity contribution in [2.24, 2.45) is 0 Å². The lowest BCUT2D eigenvalue weighted by atomic mass is 10.3. The average molecular weight is 462 g/mol. The van der Waals surface area contributed by atoms with Crippen molar-refractivity contribution in [2.45, 2.75) is 6.54 Å². The largest absolute Gasteiger partial charge is 0.378 e. The number of anilines is 2. The van der Waals surface area contributed by atoms with Crippen molar-refractivity contribution in [2.75, 3.05) is 36.5 Å². The monoisotopic (exact) mass is 461 g/mol. The fourth-order valence-electron chi connectivity index (χ4n) is 3.89. The first kappa shape index (κ1) is 20.0. The Hall–Kier alpha value is -3.63. The van der Waals surface area contributed by atoms with E-state index >= 15 is 0 Å². The average Bonchev–Trinajstić information content (AvgIpc) is 3.47. The van der Waals surface area contributed by atoms with Gasteiger partial charge in [-0.1, -0.05) is 18.2 Å². The van der Waals surface area contributed by atoms with Gasteiger partial charge in [0.25, 0.3) is 0 Å². The highest BCUT2D eigenvalue weighted by molar-refractivity contribution is 7.18. The third-order valence-electron chi connectivity index (χ3n) is 5.51. The van der Waals surface area contributed by atoms with Crippen LogP contribution < -0.4 is 10.2 Å². The standard InChI is InChI=1S/C23H20FN7OS/c24-15-4-3-5-16(12-15)31-14-26-20-21(25-13-19-27-17-6-1-2-7-18(17)33-19)28-23(29-22(20)31)30-8-10-32-11-9-30/h1-7,12,14H,8-11,13H2,(H,25,28,29). The number of nitrogens with zero attached hydrogens (tertiary/aromatic N) is 6. The highest BCUT2D eigenvalue weighted by Gasteiger charge is 2.20. The molecule has 2 aromatic carbocycles. The van der Waals surface area contributed by atoms with Gasteiger partial charge in [-0.3, -0.25) is 4.57 Å². The number of fused-ring (bicyclic) bond motifs is 2. The Kier molecular flexibility index (Phi) is 5.08. The van der Waals surface area contributed by atoms with Gasteiger partial charge in [-0.2, -0.15) is 9.97 Å². The molecular formula is C23H20FN7OS. The molecule has 1 N–H and O–H groups in total. The molecule has 0 bridgehead atoms. The van der Waals surface area contributed by atoms with Gasteiger partial charge in [-0.25, -0.2) is 14.4 Å². The molecule has 0 spiro atoms. The molecule has 0 unspecified atom stereocenters. The van der Waals surface area contributed by atoms with Crippen LogP contribution in [0.25, 0.3) is 27.1 Å². The summed E-state index contributed by atoms with van der Waals surface area (Å²) >= 11 is 1.65. The molecule has 1 aliphatic heterocycles.